The zero-order valence-electron chi connectivity index (χ0n) is 35.2. The highest BCUT2D eigenvalue weighted by atomic mass is 16.5. The highest BCUT2D eigenvalue weighted by molar-refractivity contribution is 6.08. The smallest absolute Gasteiger partial charge is 0.178 e. The second-order valence-corrected chi connectivity index (χ2v) is 18.1. The van der Waals surface area contributed by atoms with Crippen molar-refractivity contribution >= 4 is 22.5 Å². The minimum atomic E-state index is -0.961. The molecule has 0 N–H and O–H groups in total. The van der Waals surface area contributed by atoms with Crippen molar-refractivity contribution in [3.05, 3.63) is 232 Å². The summed E-state index contributed by atoms with van der Waals surface area (Å²) in [5, 5.41) is 12.2. The predicted octanol–water partition coefficient (Wildman–Crippen LogP) is 13.7. The van der Waals surface area contributed by atoms with Crippen molar-refractivity contribution in [1.29, 1.82) is 5.26 Å². The number of ether oxygens (including phenoxy) is 1. The zero-order chi connectivity index (χ0) is 41.6. The maximum Gasteiger partial charge on any atom is 0.178 e. The van der Waals surface area contributed by atoms with Crippen LogP contribution in [-0.2, 0) is 16.4 Å². The number of hydrogen-bond acceptors (Lipinski definition) is 3. The minimum Gasteiger partial charge on any atom is -0.472 e. The monoisotopic (exact) mass is 798 g/mol. The van der Waals surface area contributed by atoms with Crippen LogP contribution in [0.2, 0.25) is 0 Å². The van der Waals surface area contributed by atoms with Gasteiger partial charge in [-0.3, -0.25) is 0 Å². The Hall–Kier alpha value is -7.15. The van der Waals surface area contributed by atoms with Crippen molar-refractivity contribution < 1.29 is 4.74 Å². The maximum atomic E-state index is 9.97. The molecule has 0 amide bonds. The molecule has 298 valence electrons. The summed E-state index contributed by atoms with van der Waals surface area (Å²) in [6, 6.07) is 64.7. The molecule has 4 aliphatic rings. The average Bonchev–Trinajstić information content (AvgIpc) is 3.77. The third-order valence-electron chi connectivity index (χ3n) is 14.6. The highest BCUT2D eigenvalue weighted by Gasteiger charge is 2.49. The van der Waals surface area contributed by atoms with Gasteiger partial charge in [0.2, 0.25) is 0 Å². The van der Waals surface area contributed by atoms with Crippen LogP contribution in [0.25, 0.3) is 39.1 Å². The summed E-state index contributed by atoms with van der Waals surface area (Å²) < 4.78 is 7.92. The fourth-order valence-electron chi connectivity index (χ4n) is 11.7. The number of anilines is 1. The SMILES string of the molecule is CC1(C)c2cc(C#N)ccc2-c2c1c1c(c3ccccc23)OC(c2ccc(N3CCCCC3)cc2)(c2ccc3c(c2)C(c2ccccc2)(c2ccccc2)c2ccccc2-3)C=C1. The van der Waals surface area contributed by atoms with E-state index in [1.165, 1.54) is 86.0 Å². The predicted molar refractivity (Wildman–Crippen MR) is 253 cm³/mol. The Morgan fingerprint density at radius 1 is 0.548 bits per heavy atom. The molecule has 3 heteroatoms. The molecule has 2 aliphatic carbocycles. The van der Waals surface area contributed by atoms with E-state index in [1.807, 2.05) is 6.07 Å². The minimum absolute atomic E-state index is 0.361. The average molecular weight is 799 g/mol. The second kappa shape index (κ2) is 13.7. The lowest BCUT2D eigenvalue weighted by Crippen LogP contribution is -2.36. The first-order chi connectivity index (χ1) is 30.4. The number of nitrogens with zero attached hydrogens (tertiary/aromatic N) is 2. The van der Waals surface area contributed by atoms with Gasteiger partial charge in [-0.15, -0.1) is 0 Å². The zero-order valence-corrected chi connectivity index (χ0v) is 35.2. The number of piperidine rings is 1. The Balaban J connectivity index is 1.12. The maximum absolute atomic E-state index is 9.97. The van der Waals surface area contributed by atoms with Crippen molar-refractivity contribution in [2.45, 2.75) is 49.5 Å². The number of nitriles is 1. The molecule has 12 rings (SSSR count). The van der Waals surface area contributed by atoms with E-state index >= 15 is 0 Å². The highest BCUT2D eigenvalue weighted by Crippen LogP contribution is 2.60. The van der Waals surface area contributed by atoms with Crippen LogP contribution in [0, 0.1) is 11.3 Å². The van der Waals surface area contributed by atoms with Gasteiger partial charge >= 0.3 is 0 Å². The lowest BCUT2D eigenvalue weighted by atomic mass is 9.67. The van der Waals surface area contributed by atoms with E-state index in [9.17, 15) is 5.26 Å². The van der Waals surface area contributed by atoms with Crippen molar-refractivity contribution in [2.24, 2.45) is 0 Å². The number of hydrogen-bond donors (Lipinski definition) is 0. The first-order valence-electron chi connectivity index (χ1n) is 22.2. The molecule has 0 radical (unpaired) electrons. The van der Waals surface area contributed by atoms with E-state index in [2.05, 4.69) is 201 Å². The van der Waals surface area contributed by atoms with E-state index in [0.717, 1.165) is 40.9 Å². The quantitative estimate of drug-likeness (QED) is 0.174. The molecule has 8 aromatic carbocycles. The Labute approximate surface area is 364 Å². The van der Waals surface area contributed by atoms with Gasteiger partial charge in [0.25, 0.3) is 0 Å². The molecule has 0 aromatic heterocycles. The largest absolute Gasteiger partial charge is 0.472 e. The van der Waals surface area contributed by atoms with E-state index in [1.54, 1.807) is 0 Å². The van der Waals surface area contributed by atoms with Gasteiger partial charge in [0.1, 0.15) is 5.75 Å². The van der Waals surface area contributed by atoms with E-state index in [0.29, 0.717) is 5.56 Å². The summed E-state index contributed by atoms with van der Waals surface area (Å²) in [5.41, 5.74) is 15.7. The lowest BCUT2D eigenvalue weighted by Gasteiger charge is -2.40. The van der Waals surface area contributed by atoms with Crippen molar-refractivity contribution in [2.75, 3.05) is 18.0 Å². The van der Waals surface area contributed by atoms with Gasteiger partial charge in [0, 0.05) is 46.3 Å². The lowest BCUT2D eigenvalue weighted by molar-refractivity contribution is 0.163. The van der Waals surface area contributed by atoms with Gasteiger partial charge in [-0.2, -0.15) is 5.26 Å². The van der Waals surface area contributed by atoms with Gasteiger partial charge in [-0.1, -0.05) is 159 Å². The van der Waals surface area contributed by atoms with Crippen molar-refractivity contribution in [3.8, 4) is 34.1 Å². The Kier molecular flexibility index (Phi) is 8.09. The molecule has 0 saturated carbocycles. The van der Waals surface area contributed by atoms with Crippen LogP contribution in [0.5, 0.6) is 5.75 Å². The summed E-state index contributed by atoms with van der Waals surface area (Å²) in [7, 11) is 0. The molecule has 8 aromatic rings. The first-order valence-corrected chi connectivity index (χ1v) is 22.2. The van der Waals surface area contributed by atoms with Crippen LogP contribution in [0.4, 0.5) is 5.69 Å². The van der Waals surface area contributed by atoms with Crippen molar-refractivity contribution in [1.82, 2.24) is 0 Å². The summed E-state index contributed by atoms with van der Waals surface area (Å²) in [5.74, 6) is 0.893. The Morgan fingerprint density at radius 3 is 1.90 bits per heavy atom. The number of fused-ring (bicyclic) bond motifs is 11. The molecule has 62 heavy (non-hydrogen) atoms. The molecule has 1 fully saturated rings. The van der Waals surface area contributed by atoms with Crippen LogP contribution in [0.15, 0.2) is 176 Å². The molecule has 0 spiro atoms. The fourth-order valence-corrected chi connectivity index (χ4v) is 11.7. The van der Waals surface area contributed by atoms with Gasteiger partial charge in [0.15, 0.2) is 5.60 Å². The molecule has 1 atom stereocenters. The Morgan fingerprint density at radius 2 is 1.18 bits per heavy atom. The molecule has 0 bridgehead atoms. The molecule has 3 nitrogen and oxygen atoms in total. The van der Waals surface area contributed by atoms with E-state index in [4.69, 9.17) is 4.74 Å². The van der Waals surface area contributed by atoms with Crippen LogP contribution < -0.4 is 9.64 Å². The van der Waals surface area contributed by atoms with Crippen LogP contribution >= 0.6 is 0 Å². The summed E-state index contributed by atoms with van der Waals surface area (Å²) >= 11 is 0. The second-order valence-electron chi connectivity index (χ2n) is 18.1. The van der Waals surface area contributed by atoms with Gasteiger partial charge in [0.05, 0.1) is 17.0 Å². The van der Waals surface area contributed by atoms with Crippen LogP contribution in [0.1, 0.15) is 88.7 Å². The fraction of sp³-hybridized carbons (Fsp3) is 0.169. The normalized spacial score (nSPS) is 18.5. The molecule has 1 unspecified atom stereocenters. The number of benzene rings is 8. The Bertz CT molecular complexity index is 3130. The number of rotatable bonds is 5. The van der Waals surface area contributed by atoms with E-state index in [-0.39, 0.29) is 5.41 Å². The van der Waals surface area contributed by atoms with Crippen LogP contribution in [0.3, 0.4) is 0 Å². The molecule has 1 saturated heterocycles. The van der Waals surface area contributed by atoms with Gasteiger partial charge in [-0.05, 0) is 117 Å². The third-order valence-corrected chi connectivity index (χ3v) is 14.6. The molecule has 2 heterocycles. The standard InChI is InChI=1S/C59H46N2O/c1-57(2)52-36-39(38-60)24-30-49(52)54-47-21-10-11-22-48(47)56-50(55(54)57)32-33-58(62-56,40-25-28-44(29-26-40)61-34-14-5-15-35-61)43-27-31-46-45-20-12-13-23-51(45)59(53(46)37-43,41-16-6-3-7-17-41)42-18-8-4-9-19-42/h3-4,6-13,16-33,36-37H,5,14-15,34-35H2,1-2H3. The summed E-state index contributed by atoms with van der Waals surface area (Å²) in [6.07, 6.45) is 8.43. The van der Waals surface area contributed by atoms with Gasteiger partial charge in [-0.25, -0.2) is 0 Å². The van der Waals surface area contributed by atoms with Gasteiger partial charge < -0.3 is 9.64 Å². The first kappa shape index (κ1) is 36.7. The van der Waals surface area contributed by atoms with E-state index < -0.39 is 11.0 Å². The van der Waals surface area contributed by atoms with Crippen molar-refractivity contribution in [3.63, 3.8) is 0 Å². The molecular formula is C59H46N2O. The summed E-state index contributed by atoms with van der Waals surface area (Å²) in [4.78, 5) is 2.53. The molecule has 2 aliphatic heterocycles. The van der Waals surface area contributed by atoms with Crippen LogP contribution in [-0.4, -0.2) is 13.1 Å². The molecular weight excluding hydrogens is 753 g/mol. The topological polar surface area (TPSA) is 36.3 Å². The third kappa shape index (κ3) is 5.04. The summed E-state index contributed by atoms with van der Waals surface area (Å²) in [6.45, 7) is 6.78.